The lowest BCUT2D eigenvalue weighted by Crippen LogP contribution is -2.06. The van der Waals surface area contributed by atoms with Gasteiger partial charge in [0.15, 0.2) is 5.69 Å². The van der Waals surface area contributed by atoms with Crippen LogP contribution in [0.5, 0.6) is 0 Å². The van der Waals surface area contributed by atoms with Gasteiger partial charge in [-0.25, -0.2) is 14.8 Å². The molecule has 0 aromatic carbocycles. The van der Waals surface area contributed by atoms with Gasteiger partial charge in [-0.15, -0.1) is 11.3 Å². The molecular weight excluding hydrogens is 240 g/mol. The molecule has 0 amide bonds. The van der Waals surface area contributed by atoms with E-state index in [4.69, 9.17) is 5.11 Å². The highest BCUT2D eigenvalue weighted by Crippen LogP contribution is 2.12. The molecule has 0 unspecified atom stereocenters. The van der Waals surface area contributed by atoms with E-state index in [1.165, 1.54) is 16.7 Å². The van der Waals surface area contributed by atoms with Crippen LogP contribution in [0.3, 0.4) is 0 Å². The molecule has 0 fully saturated rings. The van der Waals surface area contributed by atoms with Crippen molar-refractivity contribution in [2.24, 2.45) is 0 Å². The molecule has 2 aromatic heterocycles. The molecule has 2 aromatic rings. The minimum absolute atomic E-state index is 0.0885. The number of aryl methyl sites for hydroxylation is 1. The average Bonchev–Trinajstić information content (AvgIpc) is 2.95. The Labute approximate surface area is 102 Å². The molecule has 0 aliphatic heterocycles. The minimum Gasteiger partial charge on any atom is -0.476 e. The molecule has 2 N–H and O–H groups in total. The standard InChI is InChI=1S/C10H12N4O2S/c1-2-14-4-3-11-10(14)12-5-8-13-7(6-17-8)9(15)16/h3-4,6H,2,5H2,1H3,(H,11,12)(H,15,16). The maximum atomic E-state index is 10.7. The first-order valence-electron chi connectivity index (χ1n) is 5.13. The van der Waals surface area contributed by atoms with Crippen LogP contribution in [0.2, 0.25) is 0 Å². The van der Waals surface area contributed by atoms with Crippen molar-refractivity contribution < 1.29 is 9.90 Å². The number of rotatable bonds is 5. The van der Waals surface area contributed by atoms with Crippen LogP contribution >= 0.6 is 11.3 Å². The van der Waals surface area contributed by atoms with E-state index in [2.05, 4.69) is 15.3 Å². The SMILES string of the molecule is CCn1ccnc1NCc1nc(C(=O)O)cs1. The van der Waals surface area contributed by atoms with E-state index in [0.717, 1.165) is 17.5 Å². The van der Waals surface area contributed by atoms with Crippen LogP contribution < -0.4 is 5.32 Å². The van der Waals surface area contributed by atoms with Crippen LogP contribution in [0.15, 0.2) is 17.8 Å². The summed E-state index contributed by atoms with van der Waals surface area (Å²) in [5.41, 5.74) is 0.0885. The lowest BCUT2D eigenvalue weighted by molar-refractivity contribution is 0.0691. The molecule has 0 atom stereocenters. The third-order valence-corrected chi connectivity index (χ3v) is 3.07. The number of thiazole rings is 1. The zero-order chi connectivity index (χ0) is 12.3. The average molecular weight is 252 g/mol. The van der Waals surface area contributed by atoms with Crippen molar-refractivity contribution in [3.05, 3.63) is 28.5 Å². The second-order valence-corrected chi connectivity index (χ2v) is 4.26. The first kappa shape index (κ1) is 11.6. The maximum absolute atomic E-state index is 10.7. The van der Waals surface area contributed by atoms with Crippen molar-refractivity contribution in [3.8, 4) is 0 Å². The van der Waals surface area contributed by atoms with Crippen LogP contribution in [0.25, 0.3) is 0 Å². The van der Waals surface area contributed by atoms with Crippen LogP contribution in [-0.2, 0) is 13.1 Å². The summed E-state index contributed by atoms with van der Waals surface area (Å²) in [5, 5.41) is 14.1. The first-order chi connectivity index (χ1) is 8.20. The molecule has 0 spiro atoms. The van der Waals surface area contributed by atoms with Crippen LogP contribution in [-0.4, -0.2) is 25.6 Å². The highest BCUT2D eigenvalue weighted by atomic mass is 32.1. The number of anilines is 1. The van der Waals surface area contributed by atoms with Gasteiger partial charge in [-0.2, -0.15) is 0 Å². The van der Waals surface area contributed by atoms with Gasteiger partial charge in [0.2, 0.25) is 5.95 Å². The fourth-order valence-electron chi connectivity index (χ4n) is 1.38. The van der Waals surface area contributed by atoms with Gasteiger partial charge in [0.1, 0.15) is 5.01 Å². The molecule has 17 heavy (non-hydrogen) atoms. The van der Waals surface area contributed by atoms with E-state index in [0.29, 0.717) is 6.54 Å². The van der Waals surface area contributed by atoms with E-state index in [9.17, 15) is 4.79 Å². The number of aromatic nitrogens is 3. The largest absolute Gasteiger partial charge is 0.476 e. The number of imidazole rings is 1. The van der Waals surface area contributed by atoms with Crippen molar-refractivity contribution in [2.45, 2.75) is 20.0 Å². The third kappa shape index (κ3) is 2.62. The van der Waals surface area contributed by atoms with Crippen molar-refractivity contribution in [2.75, 3.05) is 5.32 Å². The van der Waals surface area contributed by atoms with Gasteiger partial charge in [-0.3, -0.25) is 0 Å². The molecule has 7 heteroatoms. The van der Waals surface area contributed by atoms with E-state index in [1.54, 1.807) is 6.20 Å². The third-order valence-electron chi connectivity index (χ3n) is 2.22. The summed E-state index contributed by atoms with van der Waals surface area (Å²) in [7, 11) is 0. The molecule has 0 bridgehead atoms. The van der Waals surface area contributed by atoms with Gasteiger partial charge >= 0.3 is 5.97 Å². The fourth-order valence-corrected chi connectivity index (χ4v) is 2.08. The number of hydrogen-bond acceptors (Lipinski definition) is 5. The molecule has 2 heterocycles. The Morgan fingerprint density at radius 1 is 1.65 bits per heavy atom. The lowest BCUT2D eigenvalue weighted by atomic mass is 10.5. The Morgan fingerprint density at radius 2 is 2.47 bits per heavy atom. The quantitative estimate of drug-likeness (QED) is 0.846. The van der Waals surface area contributed by atoms with Crippen LogP contribution in [0, 0.1) is 0 Å². The lowest BCUT2D eigenvalue weighted by Gasteiger charge is -2.05. The summed E-state index contributed by atoms with van der Waals surface area (Å²) in [4.78, 5) is 18.8. The number of carboxylic acids is 1. The van der Waals surface area contributed by atoms with Gasteiger partial charge < -0.3 is 15.0 Å². The molecule has 0 aliphatic rings. The summed E-state index contributed by atoms with van der Waals surface area (Å²) >= 11 is 1.32. The monoisotopic (exact) mass is 252 g/mol. The normalized spacial score (nSPS) is 10.4. The molecular formula is C10H12N4O2S. The Morgan fingerprint density at radius 3 is 3.12 bits per heavy atom. The maximum Gasteiger partial charge on any atom is 0.355 e. The number of carbonyl (C=O) groups is 1. The van der Waals surface area contributed by atoms with E-state index in [-0.39, 0.29) is 5.69 Å². The number of hydrogen-bond donors (Lipinski definition) is 2. The second kappa shape index (κ2) is 4.96. The van der Waals surface area contributed by atoms with Gasteiger partial charge in [0, 0.05) is 24.3 Å². The van der Waals surface area contributed by atoms with Crippen LogP contribution in [0.4, 0.5) is 5.95 Å². The summed E-state index contributed by atoms with van der Waals surface area (Å²) in [6.45, 7) is 3.34. The highest BCUT2D eigenvalue weighted by Gasteiger charge is 2.09. The second-order valence-electron chi connectivity index (χ2n) is 3.32. The summed E-state index contributed by atoms with van der Waals surface area (Å²) in [6.07, 6.45) is 3.60. The summed E-state index contributed by atoms with van der Waals surface area (Å²) < 4.78 is 1.96. The molecule has 2 rings (SSSR count). The van der Waals surface area contributed by atoms with Gasteiger partial charge in [0.25, 0.3) is 0 Å². The zero-order valence-corrected chi connectivity index (χ0v) is 10.1. The predicted molar refractivity (Wildman–Crippen MR) is 64.3 cm³/mol. The summed E-state index contributed by atoms with van der Waals surface area (Å²) in [5.74, 6) is -0.234. The molecule has 0 aliphatic carbocycles. The topological polar surface area (TPSA) is 80.0 Å². The smallest absolute Gasteiger partial charge is 0.355 e. The Bertz CT molecular complexity index is 520. The molecule has 90 valence electrons. The first-order valence-corrected chi connectivity index (χ1v) is 6.01. The number of nitrogens with zero attached hydrogens (tertiary/aromatic N) is 3. The van der Waals surface area contributed by atoms with Crippen molar-refractivity contribution in [3.63, 3.8) is 0 Å². The van der Waals surface area contributed by atoms with E-state index >= 15 is 0 Å². The Balaban J connectivity index is 2.00. The van der Waals surface area contributed by atoms with Crippen molar-refractivity contribution >= 4 is 23.3 Å². The highest BCUT2D eigenvalue weighted by molar-refractivity contribution is 7.09. The molecule has 6 nitrogen and oxygen atoms in total. The molecule has 0 saturated carbocycles. The minimum atomic E-state index is -0.998. The predicted octanol–water partition coefficient (Wildman–Crippen LogP) is 1.67. The van der Waals surface area contributed by atoms with Gasteiger partial charge in [0.05, 0.1) is 6.54 Å². The molecule has 0 radical (unpaired) electrons. The summed E-state index contributed by atoms with van der Waals surface area (Å²) in [6, 6.07) is 0. The fraction of sp³-hybridized carbons (Fsp3) is 0.300. The van der Waals surface area contributed by atoms with Gasteiger partial charge in [-0.1, -0.05) is 0 Å². The zero-order valence-electron chi connectivity index (χ0n) is 9.25. The Kier molecular flexibility index (Phi) is 3.38. The van der Waals surface area contributed by atoms with Crippen molar-refractivity contribution in [1.29, 1.82) is 0 Å². The number of nitrogens with one attached hydrogen (secondary N) is 1. The van der Waals surface area contributed by atoms with Crippen molar-refractivity contribution in [1.82, 2.24) is 14.5 Å². The van der Waals surface area contributed by atoms with E-state index in [1.807, 2.05) is 17.7 Å². The van der Waals surface area contributed by atoms with Gasteiger partial charge in [-0.05, 0) is 6.92 Å². The molecule has 0 saturated heterocycles. The van der Waals surface area contributed by atoms with Crippen LogP contribution in [0.1, 0.15) is 22.4 Å². The van der Waals surface area contributed by atoms with E-state index < -0.39 is 5.97 Å². The Hall–Kier alpha value is -1.89. The number of aromatic carboxylic acids is 1. The number of carboxylic acid groups (broad SMARTS) is 1.